The lowest BCUT2D eigenvalue weighted by Crippen LogP contribution is -2.37. The quantitative estimate of drug-likeness (QED) is 0.743. The number of nitrogens with one attached hydrogen (secondary N) is 1. The zero-order valence-corrected chi connectivity index (χ0v) is 16.9. The Morgan fingerprint density at radius 1 is 1.14 bits per heavy atom. The molecule has 154 valence electrons. The summed E-state index contributed by atoms with van der Waals surface area (Å²) in [5.41, 5.74) is 3.05. The average Bonchev–Trinajstić information content (AvgIpc) is 2.72. The van der Waals surface area contributed by atoms with Crippen LogP contribution in [0.4, 0.5) is 10.1 Å². The number of piperidine rings is 1. The summed E-state index contributed by atoms with van der Waals surface area (Å²) in [5.74, 6) is -0.704. The minimum atomic E-state index is -0.392. The average molecular weight is 398 g/mol. The lowest BCUT2D eigenvalue weighted by molar-refractivity contribution is -0.121. The lowest BCUT2D eigenvalue weighted by atomic mass is 9.95. The number of carbonyl (C=O) groups is 2. The maximum absolute atomic E-state index is 13.0. The van der Waals surface area contributed by atoms with Crippen LogP contribution < -0.4 is 5.32 Å². The maximum Gasteiger partial charge on any atom is 0.338 e. The molecule has 1 saturated heterocycles. The zero-order valence-electron chi connectivity index (χ0n) is 16.9. The highest BCUT2D eigenvalue weighted by atomic mass is 19.1. The summed E-state index contributed by atoms with van der Waals surface area (Å²) in [6.45, 7) is 6.36. The van der Waals surface area contributed by atoms with Crippen molar-refractivity contribution in [1.29, 1.82) is 0 Å². The zero-order chi connectivity index (χ0) is 20.8. The van der Waals surface area contributed by atoms with Gasteiger partial charge >= 0.3 is 5.97 Å². The molecule has 5 nitrogen and oxygen atoms in total. The van der Waals surface area contributed by atoms with Crippen LogP contribution in [0.5, 0.6) is 0 Å². The van der Waals surface area contributed by atoms with E-state index in [1.807, 2.05) is 13.0 Å². The Morgan fingerprint density at radius 2 is 1.83 bits per heavy atom. The van der Waals surface area contributed by atoms with E-state index in [4.69, 9.17) is 4.74 Å². The van der Waals surface area contributed by atoms with E-state index in [2.05, 4.69) is 10.2 Å². The monoisotopic (exact) mass is 398 g/mol. The Kier molecular flexibility index (Phi) is 6.99. The van der Waals surface area contributed by atoms with Crippen molar-refractivity contribution in [1.82, 2.24) is 4.90 Å². The number of ether oxygens (including phenoxy) is 1. The Bertz CT molecular complexity index is 859. The van der Waals surface area contributed by atoms with E-state index in [0.29, 0.717) is 17.9 Å². The van der Waals surface area contributed by atoms with Gasteiger partial charge in [-0.05, 0) is 75.2 Å². The highest BCUT2D eigenvalue weighted by molar-refractivity contribution is 5.96. The van der Waals surface area contributed by atoms with Gasteiger partial charge in [0.2, 0.25) is 5.91 Å². The van der Waals surface area contributed by atoms with Crippen molar-refractivity contribution in [3.63, 3.8) is 0 Å². The lowest BCUT2D eigenvalue weighted by Gasteiger charge is -2.31. The fraction of sp³-hybridized carbons (Fsp3) is 0.391. The van der Waals surface area contributed by atoms with Gasteiger partial charge in [0.25, 0.3) is 0 Å². The van der Waals surface area contributed by atoms with Gasteiger partial charge in [-0.3, -0.25) is 9.69 Å². The van der Waals surface area contributed by atoms with Crippen LogP contribution in [0.2, 0.25) is 0 Å². The van der Waals surface area contributed by atoms with Gasteiger partial charge in [-0.2, -0.15) is 0 Å². The number of anilines is 1. The largest absolute Gasteiger partial charge is 0.462 e. The summed E-state index contributed by atoms with van der Waals surface area (Å²) in [6, 6.07) is 11.7. The predicted octanol–water partition coefficient (Wildman–Crippen LogP) is 4.16. The van der Waals surface area contributed by atoms with Crippen molar-refractivity contribution in [2.24, 2.45) is 5.92 Å². The molecule has 6 heteroatoms. The number of hydrogen-bond acceptors (Lipinski definition) is 4. The van der Waals surface area contributed by atoms with Crippen molar-refractivity contribution in [2.45, 2.75) is 33.2 Å². The second kappa shape index (κ2) is 9.65. The van der Waals surface area contributed by atoms with Gasteiger partial charge in [0.1, 0.15) is 5.82 Å². The van der Waals surface area contributed by atoms with E-state index >= 15 is 0 Å². The van der Waals surface area contributed by atoms with Gasteiger partial charge in [-0.15, -0.1) is 0 Å². The molecule has 1 amide bonds. The van der Waals surface area contributed by atoms with E-state index < -0.39 is 5.97 Å². The minimum absolute atomic E-state index is 0.0180. The van der Waals surface area contributed by atoms with E-state index in [1.54, 1.807) is 31.2 Å². The third kappa shape index (κ3) is 5.64. The number of halogens is 1. The normalized spacial score (nSPS) is 15.1. The molecular weight excluding hydrogens is 371 g/mol. The molecule has 0 saturated carbocycles. The first-order valence-corrected chi connectivity index (χ1v) is 10.0. The molecule has 29 heavy (non-hydrogen) atoms. The third-order valence-electron chi connectivity index (χ3n) is 5.28. The van der Waals surface area contributed by atoms with Crippen molar-refractivity contribution in [3.05, 3.63) is 65.0 Å². The highest BCUT2D eigenvalue weighted by Gasteiger charge is 2.25. The first-order valence-electron chi connectivity index (χ1n) is 10.0. The number of esters is 1. The van der Waals surface area contributed by atoms with Gasteiger partial charge in [0.05, 0.1) is 12.2 Å². The second-order valence-corrected chi connectivity index (χ2v) is 7.42. The van der Waals surface area contributed by atoms with Crippen LogP contribution in [0.1, 0.15) is 41.3 Å². The molecule has 0 bridgehead atoms. The van der Waals surface area contributed by atoms with E-state index in [1.165, 1.54) is 12.1 Å². The molecule has 0 unspecified atom stereocenters. The van der Waals surface area contributed by atoms with E-state index in [9.17, 15) is 14.0 Å². The van der Waals surface area contributed by atoms with Crippen LogP contribution in [0.15, 0.2) is 42.5 Å². The molecule has 0 aliphatic carbocycles. The van der Waals surface area contributed by atoms with Crippen LogP contribution in [-0.2, 0) is 16.1 Å². The number of nitrogens with zero attached hydrogens (tertiary/aromatic N) is 1. The minimum Gasteiger partial charge on any atom is -0.462 e. The molecule has 2 aromatic rings. The van der Waals surface area contributed by atoms with Crippen LogP contribution in [0.25, 0.3) is 0 Å². The summed E-state index contributed by atoms with van der Waals surface area (Å²) in [6.07, 6.45) is 1.54. The number of carbonyl (C=O) groups excluding carboxylic acids is 2. The van der Waals surface area contributed by atoms with Crippen molar-refractivity contribution < 1.29 is 18.7 Å². The van der Waals surface area contributed by atoms with Crippen molar-refractivity contribution in [3.8, 4) is 0 Å². The number of amides is 1. The first kappa shape index (κ1) is 21.0. The molecule has 0 spiro atoms. The Balaban J connectivity index is 1.55. The van der Waals surface area contributed by atoms with Gasteiger partial charge in [0, 0.05) is 18.2 Å². The fourth-order valence-corrected chi connectivity index (χ4v) is 3.53. The Hall–Kier alpha value is -2.73. The molecule has 3 rings (SSSR count). The predicted molar refractivity (Wildman–Crippen MR) is 110 cm³/mol. The standard InChI is InChI=1S/C23H27FN2O3/c1-3-29-23(28)19-7-4-16(2)21(14-19)25-22(27)18-10-12-26(13-11-18)15-17-5-8-20(24)9-6-17/h4-9,14,18H,3,10-13,15H2,1-2H3,(H,25,27). The van der Waals surface area contributed by atoms with E-state index in [0.717, 1.165) is 43.6 Å². The number of benzene rings is 2. The molecule has 0 aromatic heterocycles. The summed E-state index contributed by atoms with van der Waals surface area (Å²) < 4.78 is 18.1. The van der Waals surface area contributed by atoms with Gasteiger partial charge in [-0.1, -0.05) is 18.2 Å². The summed E-state index contributed by atoms with van der Waals surface area (Å²) in [4.78, 5) is 27.0. The molecule has 1 heterocycles. The van der Waals surface area contributed by atoms with E-state index in [-0.39, 0.29) is 17.6 Å². The molecule has 1 aliphatic rings. The first-order chi connectivity index (χ1) is 14.0. The Morgan fingerprint density at radius 3 is 2.48 bits per heavy atom. The summed E-state index contributed by atoms with van der Waals surface area (Å²) in [5, 5.41) is 2.98. The SMILES string of the molecule is CCOC(=O)c1ccc(C)c(NC(=O)C2CCN(Cc3ccc(F)cc3)CC2)c1. The van der Waals surface area contributed by atoms with Crippen LogP contribution in [0.3, 0.4) is 0 Å². The maximum atomic E-state index is 13.0. The number of hydrogen-bond donors (Lipinski definition) is 1. The highest BCUT2D eigenvalue weighted by Crippen LogP contribution is 2.23. The Labute approximate surface area is 170 Å². The number of aryl methyl sites for hydroxylation is 1. The van der Waals surface area contributed by atoms with Crippen LogP contribution in [-0.4, -0.2) is 36.5 Å². The van der Waals surface area contributed by atoms with Gasteiger partial charge in [-0.25, -0.2) is 9.18 Å². The molecule has 1 fully saturated rings. The third-order valence-corrected chi connectivity index (χ3v) is 5.28. The van der Waals surface area contributed by atoms with Crippen LogP contribution in [0, 0.1) is 18.7 Å². The molecule has 1 N–H and O–H groups in total. The topological polar surface area (TPSA) is 58.6 Å². The molecule has 0 radical (unpaired) electrons. The number of likely N-dealkylation sites (tertiary alicyclic amines) is 1. The fourth-order valence-electron chi connectivity index (χ4n) is 3.53. The molecule has 1 aliphatic heterocycles. The smallest absolute Gasteiger partial charge is 0.338 e. The van der Waals surface area contributed by atoms with Crippen LogP contribution >= 0.6 is 0 Å². The van der Waals surface area contributed by atoms with Gasteiger partial charge in [0.15, 0.2) is 0 Å². The van der Waals surface area contributed by atoms with Gasteiger partial charge < -0.3 is 10.1 Å². The second-order valence-electron chi connectivity index (χ2n) is 7.42. The molecule has 0 atom stereocenters. The van der Waals surface area contributed by atoms with Crippen molar-refractivity contribution in [2.75, 3.05) is 25.0 Å². The van der Waals surface area contributed by atoms with Crippen molar-refractivity contribution >= 4 is 17.6 Å². The number of rotatable bonds is 6. The molecule has 2 aromatic carbocycles. The summed E-state index contributed by atoms with van der Waals surface area (Å²) >= 11 is 0. The molecular formula is C23H27FN2O3. The summed E-state index contributed by atoms with van der Waals surface area (Å²) in [7, 11) is 0.